The van der Waals surface area contributed by atoms with E-state index in [4.69, 9.17) is 13.8 Å². The van der Waals surface area contributed by atoms with Gasteiger partial charge in [0.25, 0.3) is 7.82 Å². The Labute approximate surface area is 500 Å². The third-order valence-electron chi connectivity index (χ3n) is 14.5. The Balaban J connectivity index is 5.26. The third kappa shape index (κ3) is 61.3. The number of carbonyl (C=O) groups excluding carboxylic acids is 2. The smallest absolute Gasteiger partial charge is 0.306 e. The largest absolute Gasteiger partial charge is 0.756 e. The molecule has 1 amide bonds. The number of rotatable bonds is 60. The van der Waals surface area contributed by atoms with Crippen molar-refractivity contribution in [1.29, 1.82) is 0 Å². The summed E-state index contributed by atoms with van der Waals surface area (Å²) in [4.78, 5) is 40.1. The molecular formula is C71H127N2O7P. The topological polar surface area (TPSA) is 114 Å². The minimum atomic E-state index is -4.71. The zero-order valence-electron chi connectivity index (χ0n) is 53.5. The van der Waals surface area contributed by atoms with Crippen molar-refractivity contribution < 1.29 is 37.3 Å². The van der Waals surface area contributed by atoms with Gasteiger partial charge in [-0.2, -0.15) is 0 Å². The zero-order valence-corrected chi connectivity index (χ0v) is 54.4. The Bertz CT molecular complexity index is 1710. The van der Waals surface area contributed by atoms with Gasteiger partial charge in [-0.1, -0.05) is 260 Å². The monoisotopic (exact) mass is 1150 g/mol. The highest BCUT2D eigenvalue weighted by molar-refractivity contribution is 7.45. The molecule has 0 bridgehead atoms. The minimum Gasteiger partial charge on any atom is -0.756 e. The van der Waals surface area contributed by atoms with Crippen molar-refractivity contribution in [2.45, 2.75) is 303 Å². The van der Waals surface area contributed by atoms with Crippen LogP contribution in [0.3, 0.4) is 0 Å². The fraction of sp³-hybridized carbons (Fsp3) is 0.746. The van der Waals surface area contributed by atoms with E-state index < -0.39 is 26.6 Å². The number of esters is 1. The quantitative estimate of drug-likeness (QED) is 0.0212. The maximum Gasteiger partial charge on any atom is 0.306 e. The molecule has 0 aromatic carbocycles. The van der Waals surface area contributed by atoms with Crippen LogP contribution in [0.4, 0.5) is 0 Å². The van der Waals surface area contributed by atoms with Crippen molar-refractivity contribution in [1.82, 2.24) is 5.32 Å². The number of allylic oxidation sites excluding steroid dienone is 15. The van der Waals surface area contributed by atoms with Crippen molar-refractivity contribution >= 4 is 19.7 Å². The Morgan fingerprint density at radius 1 is 0.432 bits per heavy atom. The van der Waals surface area contributed by atoms with E-state index in [2.05, 4.69) is 111 Å². The van der Waals surface area contributed by atoms with Gasteiger partial charge >= 0.3 is 5.97 Å². The first-order valence-electron chi connectivity index (χ1n) is 33.5. The van der Waals surface area contributed by atoms with Gasteiger partial charge in [-0.05, 0) is 115 Å². The molecule has 0 aliphatic rings. The summed E-state index contributed by atoms with van der Waals surface area (Å²) >= 11 is 0. The van der Waals surface area contributed by atoms with E-state index in [1.165, 1.54) is 128 Å². The molecule has 0 aliphatic carbocycles. The fourth-order valence-corrected chi connectivity index (χ4v) is 10.0. The number of nitrogens with zero attached hydrogens (tertiary/aromatic N) is 1. The molecule has 0 saturated heterocycles. The van der Waals surface area contributed by atoms with Gasteiger partial charge in [-0.25, -0.2) is 0 Å². The van der Waals surface area contributed by atoms with E-state index in [-0.39, 0.29) is 24.9 Å². The number of carbonyl (C=O) groups is 2. The van der Waals surface area contributed by atoms with E-state index in [1.807, 2.05) is 33.3 Å². The van der Waals surface area contributed by atoms with Gasteiger partial charge in [-0.15, -0.1) is 0 Å². The molecule has 0 aromatic heterocycles. The number of unbranched alkanes of at least 4 members (excludes halogenated alkanes) is 30. The number of phosphoric acid groups is 1. The summed E-state index contributed by atoms with van der Waals surface area (Å²) in [5.74, 6) is -0.567. The molecular weight excluding hydrogens is 1020 g/mol. The third-order valence-corrected chi connectivity index (χ3v) is 15.5. The highest BCUT2D eigenvalue weighted by Crippen LogP contribution is 2.38. The molecule has 0 heterocycles. The number of nitrogens with one attached hydrogen (secondary N) is 1. The van der Waals surface area contributed by atoms with E-state index in [0.29, 0.717) is 23.9 Å². The molecule has 468 valence electrons. The summed E-state index contributed by atoms with van der Waals surface area (Å²) in [5.41, 5.74) is 0. The maximum atomic E-state index is 13.6. The van der Waals surface area contributed by atoms with Crippen LogP contribution in [0.5, 0.6) is 0 Å². The Hall–Kier alpha value is -3.07. The Kier molecular flexibility index (Phi) is 57.8. The number of phosphoric ester groups is 1. The van der Waals surface area contributed by atoms with Crippen molar-refractivity contribution in [3.8, 4) is 0 Å². The number of hydrogen-bond donors (Lipinski definition) is 1. The van der Waals surface area contributed by atoms with Gasteiger partial charge in [0.1, 0.15) is 19.3 Å². The average molecular weight is 1150 g/mol. The SMILES string of the molecule is CCCCC/C=C\C/C=C\C/C=C\C/C=C\CCCCCCCCCC(=O)OC(/C=C/CCCCCCCCCCCCC)C(COP(=O)([O-])OCC[N+](C)(C)C)NC(=O)CCCCCCCC/C=C\C/C=C\C/C=C\CCCCC. The van der Waals surface area contributed by atoms with Gasteiger partial charge in [0, 0.05) is 12.8 Å². The molecule has 0 saturated carbocycles. The number of quaternary nitrogens is 1. The van der Waals surface area contributed by atoms with Gasteiger partial charge < -0.3 is 28.5 Å². The number of hydrogen-bond acceptors (Lipinski definition) is 7. The number of amides is 1. The van der Waals surface area contributed by atoms with Crippen molar-refractivity contribution in [3.05, 3.63) is 97.2 Å². The van der Waals surface area contributed by atoms with Crippen LogP contribution in [0.1, 0.15) is 290 Å². The van der Waals surface area contributed by atoms with Crippen molar-refractivity contribution in [2.75, 3.05) is 40.9 Å². The minimum absolute atomic E-state index is 0.0312. The van der Waals surface area contributed by atoms with Gasteiger partial charge in [0.15, 0.2) is 0 Å². The maximum absolute atomic E-state index is 13.6. The van der Waals surface area contributed by atoms with Crippen LogP contribution in [-0.4, -0.2) is 69.4 Å². The first-order chi connectivity index (χ1) is 39.4. The predicted octanol–water partition coefficient (Wildman–Crippen LogP) is 20.5. The molecule has 81 heavy (non-hydrogen) atoms. The zero-order chi connectivity index (χ0) is 59.3. The summed E-state index contributed by atoms with van der Waals surface area (Å²) < 4.78 is 30.4. The summed E-state index contributed by atoms with van der Waals surface area (Å²) in [5, 5.41) is 3.03. The molecule has 0 spiro atoms. The molecule has 0 fully saturated rings. The summed E-state index contributed by atoms with van der Waals surface area (Å²) in [6.07, 6.45) is 80.8. The van der Waals surface area contributed by atoms with E-state index >= 15 is 0 Å². The van der Waals surface area contributed by atoms with Crippen LogP contribution in [0.2, 0.25) is 0 Å². The van der Waals surface area contributed by atoms with Gasteiger partial charge in [-0.3, -0.25) is 14.2 Å². The van der Waals surface area contributed by atoms with E-state index in [0.717, 1.165) is 122 Å². The van der Waals surface area contributed by atoms with Crippen LogP contribution >= 0.6 is 7.82 Å². The van der Waals surface area contributed by atoms with Crippen molar-refractivity contribution in [3.63, 3.8) is 0 Å². The molecule has 0 aromatic rings. The van der Waals surface area contributed by atoms with Crippen molar-refractivity contribution in [2.24, 2.45) is 0 Å². The lowest BCUT2D eigenvalue weighted by molar-refractivity contribution is -0.870. The van der Waals surface area contributed by atoms with Crippen LogP contribution in [0.25, 0.3) is 0 Å². The fourth-order valence-electron chi connectivity index (χ4n) is 9.28. The van der Waals surface area contributed by atoms with E-state index in [1.54, 1.807) is 0 Å². The molecule has 1 N–H and O–H groups in total. The molecule has 9 nitrogen and oxygen atoms in total. The van der Waals surface area contributed by atoms with Crippen LogP contribution < -0.4 is 10.2 Å². The van der Waals surface area contributed by atoms with Gasteiger partial charge in [0.05, 0.1) is 33.8 Å². The lowest BCUT2D eigenvalue weighted by Gasteiger charge is -2.30. The standard InChI is InChI=1S/C71H127N2O7P/c1-7-10-13-16-19-22-25-28-30-32-34-35-36-37-39-41-43-46-49-52-55-58-61-64-71(75)80-69(62-59-56-53-50-47-44-27-24-21-18-15-12-9-3)68(67-79-81(76,77)78-66-65-73(4,5)6)72-70(74)63-60-57-54-51-48-45-42-40-38-33-31-29-26-23-20-17-14-11-8-2/h19-20,22-23,28-31,34-35,37-40,59,62,68-69H,7-18,21,24-27,32-33,36,41-58,60-61,63-67H2,1-6H3,(H-,72,74,76,77)/b22-19-,23-20-,30-28-,31-29-,35-34-,39-37-,40-38-,62-59+. The summed E-state index contributed by atoms with van der Waals surface area (Å²) in [6, 6.07) is -0.906. The predicted molar refractivity (Wildman–Crippen MR) is 348 cm³/mol. The van der Waals surface area contributed by atoms with Crippen LogP contribution in [0, 0.1) is 0 Å². The number of likely N-dealkylation sites (N-methyl/N-ethyl adjacent to an activating group) is 1. The molecule has 0 rings (SSSR count). The highest BCUT2D eigenvalue weighted by Gasteiger charge is 2.27. The molecule has 10 heteroatoms. The molecule has 3 atom stereocenters. The Morgan fingerprint density at radius 3 is 1.15 bits per heavy atom. The molecule has 0 radical (unpaired) electrons. The second-order valence-corrected chi connectivity index (χ2v) is 25.0. The average Bonchev–Trinajstić information content (AvgIpc) is 3.44. The second-order valence-electron chi connectivity index (χ2n) is 23.6. The number of ether oxygens (including phenoxy) is 1. The lowest BCUT2D eigenvalue weighted by atomic mass is 10.0. The summed E-state index contributed by atoms with van der Waals surface area (Å²) in [6.45, 7) is 6.78. The van der Waals surface area contributed by atoms with E-state index in [9.17, 15) is 19.0 Å². The van der Waals surface area contributed by atoms with Crippen LogP contribution in [-0.2, 0) is 27.9 Å². The second kappa shape index (κ2) is 60.1. The highest BCUT2D eigenvalue weighted by atomic mass is 31.2. The molecule has 0 aliphatic heterocycles. The van der Waals surface area contributed by atoms with Gasteiger partial charge in [0.2, 0.25) is 5.91 Å². The normalized spacial score (nSPS) is 14.2. The first-order valence-corrected chi connectivity index (χ1v) is 35.0. The first kappa shape index (κ1) is 77.9. The van der Waals surface area contributed by atoms with Crippen LogP contribution in [0.15, 0.2) is 97.2 Å². The Morgan fingerprint density at radius 2 is 0.753 bits per heavy atom. The molecule has 3 unspecified atom stereocenters. The lowest BCUT2D eigenvalue weighted by Crippen LogP contribution is -2.47. The summed E-state index contributed by atoms with van der Waals surface area (Å²) in [7, 11) is 1.16.